The lowest BCUT2D eigenvalue weighted by Crippen LogP contribution is -2.29. The lowest BCUT2D eigenvalue weighted by atomic mass is 10.4. The van der Waals surface area contributed by atoms with Gasteiger partial charge in [0.15, 0.2) is 0 Å². The number of carbonyl (C=O) groups excluding carboxylic acids is 1. The van der Waals surface area contributed by atoms with E-state index < -0.39 is 0 Å². The maximum Gasteiger partial charge on any atom is 0.326 e. The molecule has 1 aromatic heterocycles. The van der Waals surface area contributed by atoms with Gasteiger partial charge < -0.3 is 10.1 Å². The average molecular weight is 197 g/mol. The first-order valence-electron chi connectivity index (χ1n) is 4.68. The second-order valence-corrected chi connectivity index (χ2v) is 2.75. The fourth-order valence-corrected chi connectivity index (χ4v) is 0.984. The molecule has 0 saturated heterocycles. The molecule has 0 bridgehead atoms. The maximum absolute atomic E-state index is 11.3. The number of nitrogens with zero attached hydrogens (tertiary/aromatic N) is 2. The second kappa shape index (κ2) is 6.15. The van der Waals surface area contributed by atoms with Crippen molar-refractivity contribution >= 4 is 6.03 Å². The van der Waals surface area contributed by atoms with Gasteiger partial charge in [-0.25, -0.2) is 9.78 Å². The second-order valence-electron chi connectivity index (χ2n) is 2.75. The molecule has 5 heteroatoms. The largest absolute Gasteiger partial charge is 0.382 e. The molecule has 0 unspecified atom stereocenters. The highest BCUT2D eigenvalue weighted by Gasteiger charge is 2.00. The van der Waals surface area contributed by atoms with E-state index in [9.17, 15) is 4.79 Å². The standard InChI is InChI=1S/C9H15N3O2/c1-2-14-7-3-4-11-9(13)12-6-5-10-8-12/h5-6,8H,2-4,7H2,1H3,(H,11,13). The minimum Gasteiger partial charge on any atom is -0.382 e. The highest BCUT2D eigenvalue weighted by molar-refractivity contribution is 5.76. The van der Waals surface area contributed by atoms with Gasteiger partial charge in [-0.05, 0) is 13.3 Å². The molecule has 1 N–H and O–H groups in total. The number of imidazole rings is 1. The first-order chi connectivity index (χ1) is 6.84. The third kappa shape index (κ3) is 3.57. The summed E-state index contributed by atoms with van der Waals surface area (Å²) in [5.74, 6) is 0. The third-order valence-corrected chi connectivity index (χ3v) is 1.68. The molecule has 14 heavy (non-hydrogen) atoms. The first-order valence-corrected chi connectivity index (χ1v) is 4.68. The molecule has 0 aromatic carbocycles. The van der Waals surface area contributed by atoms with Crippen LogP contribution < -0.4 is 5.32 Å². The molecule has 0 aliphatic rings. The van der Waals surface area contributed by atoms with E-state index >= 15 is 0 Å². The molecule has 1 rings (SSSR count). The summed E-state index contributed by atoms with van der Waals surface area (Å²) >= 11 is 0. The van der Waals surface area contributed by atoms with Gasteiger partial charge in [0.25, 0.3) is 0 Å². The quantitative estimate of drug-likeness (QED) is 0.712. The number of carbonyl (C=O) groups is 1. The zero-order valence-electron chi connectivity index (χ0n) is 8.27. The van der Waals surface area contributed by atoms with Gasteiger partial charge in [-0.3, -0.25) is 4.57 Å². The molecule has 0 aliphatic heterocycles. The van der Waals surface area contributed by atoms with Crippen LogP contribution in [0.5, 0.6) is 0 Å². The molecule has 0 atom stereocenters. The molecule has 78 valence electrons. The van der Waals surface area contributed by atoms with E-state index in [1.165, 1.54) is 10.9 Å². The molecule has 0 aliphatic carbocycles. The zero-order chi connectivity index (χ0) is 10.2. The van der Waals surface area contributed by atoms with E-state index in [0.717, 1.165) is 13.0 Å². The maximum atomic E-state index is 11.3. The fourth-order valence-electron chi connectivity index (χ4n) is 0.984. The van der Waals surface area contributed by atoms with Crippen LogP contribution in [0.25, 0.3) is 0 Å². The smallest absolute Gasteiger partial charge is 0.326 e. The van der Waals surface area contributed by atoms with Gasteiger partial charge in [-0.2, -0.15) is 0 Å². The number of rotatable bonds is 5. The van der Waals surface area contributed by atoms with Gasteiger partial charge in [-0.1, -0.05) is 0 Å². The minimum atomic E-state index is -0.154. The molecule has 0 saturated carbocycles. The third-order valence-electron chi connectivity index (χ3n) is 1.68. The SMILES string of the molecule is CCOCCCNC(=O)n1ccnc1. The van der Waals surface area contributed by atoms with Crippen LogP contribution in [0.15, 0.2) is 18.7 Å². The van der Waals surface area contributed by atoms with Gasteiger partial charge in [0.05, 0.1) is 0 Å². The molecule has 0 radical (unpaired) electrons. The monoisotopic (exact) mass is 197 g/mol. The summed E-state index contributed by atoms with van der Waals surface area (Å²) in [6, 6.07) is -0.154. The van der Waals surface area contributed by atoms with E-state index in [1.54, 1.807) is 12.4 Å². The molecule has 1 aromatic rings. The summed E-state index contributed by atoms with van der Waals surface area (Å²) in [5.41, 5.74) is 0. The predicted molar refractivity (Wildman–Crippen MR) is 52.1 cm³/mol. The van der Waals surface area contributed by atoms with Crippen molar-refractivity contribution in [3.8, 4) is 0 Å². The molecular weight excluding hydrogens is 182 g/mol. The van der Waals surface area contributed by atoms with E-state index in [4.69, 9.17) is 4.74 Å². The van der Waals surface area contributed by atoms with Crippen molar-refractivity contribution in [3.05, 3.63) is 18.7 Å². The summed E-state index contributed by atoms with van der Waals surface area (Å²) in [7, 11) is 0. The first kappa shape index (κ1) is 10.7. The molecule has 1 heterocycles. The van der Waals surface area contributed by atoms with Crippen LogP contribution in [0.4, 0.5) is 4.79 Å². The highest BCUT2D eigenvalue weighted by atomic mass is 16.5. The Morgan fingerprint density at radius 3 is 3.14 bits per heavy atom. The van der Waals surface area contributed by atoms with Crippen LogP contribution in [0.2, 0.25) is 0 Å². The number of hydrogen-bond donors (Lipinski definition) is 1. The fraction of sp³-hybridized carbons (Fsp3) is 0.556. The Labute approximate surface area is 83.1 Å². The van der Waals surface area contributed by atoms with Crippen molar-refractivity contribution in [3.63, 3.8) is 0 Å². The van der Waals surface area contributed by atoms with E-state index in [-0.39, 0.29) is 6.03 Å². The predicted octanol–water partition coefficient (Wildman–Crippen LogP) is 0.867. The van der Waals surface area contributed by atoms with E-state index in [1.807, 2.05) is 6.92 Å². The van der Waals surface area contributed by atoms with Gasteiger partial charge in [0, 0.05) is 32.2 Å². The van der Waals surface area contributed by atoms with Crippen LogP contribution in [0, 0.1) is 0 Å². The van der Waals surface area contributed by atoms with Crippen LogP contribution in [0.1, 0.15) is 13.3 Å². The van der Waals surface area contributed by atoms with Crippen molar-refractivity contribution in [1.29, 1.82) is 0 Å². The lowest BCUT2D eigenvalue weighted by Gasteiger charge is -2.04. The highest BCUT2D eigenvalue weighted by Crippen LogP contribution is 1.85. The summed E-state index contributed by atoms with van der Waals surface area (Å²) in [6.07, 6.45) is 5.48. The normalized spacial score (nSPS) is 10.1. The Balaban J connectivity index is 2.10. The Hall–Kier alpha value is -1.36. The molecular formula is C9H15N3O2. The number of ether oxygens (including phenoxy) is 1. The summed E-state index contributed by atoms with van der Waals surface area (Å²) in [4.78, 5) is 15.1. The Bertz CT molecular complexity index is 259. The summed E-state index contributed by atoms with van der Waals surface area (Å²) < 4.78 is 6.54. The Kier molecular flexibility index (Phi) is 4.71. The van der Waals surface area contributed by atoms with Crippen molar-refractivity contribution in [2.45, 2.75) is 13.3 Å². The Morgan fingerprint density at radius 2 is 2.50 bits per heavy atom. The van der Waals surface area contributed by atoms with Gasteiger partial charge in [-0.15, -0.1) is 0 Å². The number of hydrogen-bond acceptors (Lipinski definition) is 3. The van der Waals surface area contributed by atoms with Crippen LogP contribution >= 0.6 is 0 Å². The number of nitrogens with one attached hydrogen (secondary N) is 1. The molecule has 5 nitrogen and oxygen atoms in total. The van der Waals surface area contributed by atoms with Crippen molar-refractivity contribution < 1.29 is 9.53 Å². The van der Waals surface area contributed by atoms with Crippen LogP contribution in [-0.4, -0.2) is 35.3 Å². The van der Waals surface area contributed by atoms with Crippen LogP contribution in [0.3, 0.4) is 0 Å². The molecule has 1 amide bonds. The minimum absolute atomic E-state index is 0.154. The van der Waals surface area contributed by atoms with Crippen molar-refractivity contribution in [2.24, 2.45) is 0 Å². The lowest BCUT2D eigenvalue weighted by molar-refractivity contribution is 0.145. The van der Waals surface area contributed by atoms with Gasteiger partial charge in [0.1, 0.15) is 6.33 Å². The topological polar surface area (TPSA) is 56.1 Å². The van der Waals surface area contributed by atoms with Gasteiger partial charge in [0.2, 0.25) is 0 Å². The zero-order valence-corrected chi connectivity index (χ0v) is 8.27. The molecule has 0 fully saturated rings. The van der Waals surface area contributed by atoms with Crippen molar-refractivity contribution in [2.75, 3.05) is 19.8 Å². The van der Waals surface area contributed by atoms with E-state index in [0.29, 0.717) is 13.2 Å². The average Bonchev–Trinajstić information content (AvgIpc) is 2.70. The van der Waals surface area contributed by atoms with Crippen molar-refractivity contribution in [1.82, 2.24) is 14.9 Å². The van der Waals surface area contributed by atoms with Gasteiger partial charge >= 0.3 is 6.03 Å². The molecule has 0 spiro atoms. The Morgan fingerprint density at radius 1 is 1.64 bits per heavy atom. The summed E-state index contributed by atoms with van der Waals surface area (Å²) in [6.45, 7) is 3.97. The number of aromatic nitrogens is 2. The summed E-state index contributed by atoms with van der Waals surface area (Å²) in [5, 5.41) is 2.75. The van der Waals surface area contributed by atoms with E-state index in [2.05, 4.69) is 10.3 Å². The van der Waals surface area contributed by atoms with Crippen LogP contribution in [-0.2, 0) is 4.74 Å². The number of amides is 1.